The molecular formula is C11H23N3O3S. The van der Waals surface area contributed by atoms with Crippen LogP contribution in [-0.2, 0) is 14.8 Å². The van der Waals surface area contributed by atoms with Crippen molar-refractivity contribution in [1.82, 2.24) is 15.4 Å². The smallest absolute Gasteiger partial charge is 0.237 e. The largest absolute Gasteiger partial charge is 0.354 e. The number of piperidine rings is 1. The highest BCUT2D eigenvalue weighted by molar-refractivity contribution is 7.89. The van der Waals surface area contributed by atoms with E-state index in [4.69, 9.17) is 0 Å². The van der Waals surface area contributed by atoms with Gasteiger partial charge < -0.3 is 10.6 Å². The van der Waals surface area contributed by atoms with Gasteiger partial charge in [0.05, 0.1) is 11.8 Å². The van der Waals surface area contributed by atoms with Gasteiger partial charge in [-0.15, -0.1) is 0 Å². The maximum Gasteiger partial charge on any atom is 0.237 e. The van der Waals surface area contributed by atoms with Crippen molar-refractivity contribution in [2.75, 3.05) is 18.8 Å². The molecule has 0 aromatic carbocycles. The molecule has 1 fully saturated rings. The number of sulfonamides is 1. The quantitative estimate of drug-likeness (QED) is 0.615. The first-order valence-electron chi connectivity index (χ1n) is 6.45. The van der Waals surface area contributed by atoms with Gasteiger partial charge >= 0.3 is 0 Å². The number of rotatable bonds is 6. The number of hydrogen-bond donors (Lipinski definition) is 3. The monoisotopic (exact) mass is 277 g/mol. The normalized spacial score (nSPS) is 24.8. The second kappa shape index (κ2) is 7.06. The minimum atomic E-state index is -3.25. The number of amides is 1. The van der Waals surface area contributed by atoms with Crippen molar-refractivity contribution in [2.45, 2.75) is 45.2 Å². The molecule has 2 atom stereocenters. The van der Waals surface area contributed by atoms with Gasteiger partial charge in [0.15, 0.2) is 0 Å². The van der Waals surface area contributed by atoms with Gasteiger partial charge in [-0.3, -0.25) is 4.79 Å². The van der Waals surface area contributed by atoms with Gasteiger partial charge in [0, 0.05) is 19.1 Å². The van der Waals surface area contributed by atoms with E-state index in [1.807, 2.05) is 0 Å². The van der Waals surface area contributed by atoms with E-state index in [1.165, 1.54) is 0 Å². The van der Waals surface area contributed by atoms with Gasteiger partial charge in [0.1, 0.15) is 0 Å². The van der Waals surface area contributed by atoms with Crippen molar-refractivity contribution in [3.63, 3.8) is 0 Å². The van der Waals surface area contributed by atoms with E-state index in [9.17, 15) is 13.2 Å². The standard InChI is InChI=1S/C11H23N3O3S/c1-3-13-18(16,17)8-7-12-11(15)10-6-4-5-9(2)14-10/h9-10,13-14H,3-8H2,1-2H3,(H,12,15). The summed E-state index contributed by atoms with van der Waals surface area (Å²) in [5.74, 6) is -0.178. The molecule has 1 saturated heterocycles. The lowest BCUT2D eigenvalue weighted by molar-refractivity contribution is -0.123. The summed E-state index contributed by atoms with van der Waals surface area (Å²) in [4.78, 5) is 11.8. The molecule has 6 nitrogen and oxygen atoms in total. The van der Waals surface area contributed by atoms with Gasteiger partial charge in [-0.05, 0) is 26.2 Å². The summed E-state index contributed by atoms with van der Waals surface area (Å²) in [7, 11) is -3.25. The molecule has 1 amide bonds. The zero-order chi connectivity index (χ0) is 13.6. The van der Waals surface area contributed by atoms with E-state index >= 15 is 0 Å². The third-order valence-corrected chi connectivity index (χ3v) is 4.44. The molecule has 2 unspecified atom stereocenters. The second-order valence-electron chi connectivity index (χ2n) is 4.66. The van der Waals surface area contributed by atoms with Crippen LogP contribution in [0.5, 0.6) is 0 Å². The average molecular weight is 277 g/mol. The maximum atomic E-state index is 11.8. The van der Waals surface area contributed by atoms with E-state index < -0.39 is 10.0 Å². The van der Waals surface area contributed by atoms with Crippen LogP contribution in [-0.4, -0.2) is 45.3 Å². The SMILES string of the molecule is CCNS(=O)(=O)CCNC(=O)C1CCCC(C)N1. The number of carbonyl (C=O) groups excluding carboxylic acids is 1. The molecule has 1 heterocycles. The number of nitrogens with one attached hydrogen (secondary N) is 3. The molecule has 1 aliphatic rings. The fraction of sp³-hybridized carbons (Fsp3) is 0.909. The first kappa shape index (κ1) is 15.4. The third kappa shape index (κ3) is 5.32. The van der Waals surface area contributed by atoms with Crippen LogP contribution in [0.25, 0.3) is 0 Å². The van der Waals surface area contributed by atoms with Gasteiger partial charge in [0.25, 0.3) is 0 Å². The van der Waals surface area contributed by atoms with E-state index in [-0.39, 0.29) is 24.2 Å². The van der Waals surface area contributed by atoms with Crippen molar-refractivity contribution >= 4 is 15.9 Å². The molecule has 106 valence electrons. The topological polar surface area (TPSA) is 87.3 Å². The molecule has 3 N–H and O–H groups in total. The van der Waals surface area contributed by atoms with E-state index in [2.05, 4.69) is 22.3 Å². The lowest BCUT2D eigenvalue weighted by Crippen LogP contribution is -2.50. The van der Waals surface area contributed by atoms with Crippen LogP contribution in [0.1, 0.15) is 33.1 Å². The Morgan fingerprint density at radius 1 is 1.39 bits per heavy atom. The number of carbonyl (C=O) groups is 1. The van der Waals surface area contributed by atoms with E-state index in [0.29, 0.717) is 12.6 Å². The highest BCUT2D eigenvalue weighted by Gasteiger charge is 2.23. The predicted octanol–water partition coefficient (Wildman–Crippen LogP) is -0.427. The summed E-state index contributed by atoms with van der Waals surface area (Å²) in [6.07, 6.45) is 2.93. The van der Waals surface area contributed by atoms with Crippen molar-refractivity contribution in [3.8, 4) is 0 Å². The molecule has 18 heavy (non-hydrogen) atoms. The average Bonchev–Trinajstić information content (AvgIpc) is 2.28. The summed E-state index contributed by atoms with van der Waals surface area (Å²) in [5, 5.41) is 5.88. The summed E-state index contributed by atoms with van der Waals surface area (Å²) in [5.41, 5.74) is 0. The predicted molar refractivity (Wildman–Crippen MR) is 70.7 cm³/mol. The summed E-state index contributed by atoms with van der Waals surface area (Å²) in [6, 6.07) is 0.163. The maximum absolute atomic E-state index is 11.8. The molecule has 0 radical (unpaired) electrons. The van der Waals surface area contributed by atoms with Gasteiger partial charge in [-0.1, -0.05) is 6.92 Å². The van der Waals surface area contributed by atoms with Gasteiger partial charge in [-0.2, -0.15) is 0 Å². The molecular weight excluding hydrogens is 254 g/mol. The van der Waals surface area contributed by atoms with Crippen LogP contribution in [0.15, 0.2) is 0 Å². The summed E-state index contributed by atoms with van der Waals surface area (Å²) >= 11 is 0. The Balaban J connectivity index is 2.29. The molecule has 7 heteroatoms. The lowest BCUT2D eigenvalue weighted by atomic mass is 9.99. The Hall–Kier alpha value is -0.660. The van der Waals surface area contributed by atoms with Crippen molar-refractivity contribution in [3.05, 3.63) is 0 Å². The molecule has 0 aliphatic carbocycles. The Labute approximate surface area is 109 Å². The molecule has 0 aromatic heterocycles. The fourth-order valence-corrected chi connectivity index (χ4v) is 3.02. The van der Waals surface area contributed by atoms with Gasteiger partial charge in [0.2, 0.25) is 15.9 Å². The lowest BCUT2D eigenvalue weighted by Gasteiger charge is -2.27. The Morgan fingerprint density at radius 3 is 2.72 bits per heavy atom. The zero-order valence-electron chi connectivity index (χ0n) is 11.0. The van der Waals surface area contributed by atoms with Crippen LogP contribution in [0.4, 0.5) is 0 Å². The van der Waals surface area contributed by atoms with Crippen molar-refractivity contribution < 1.29 is 13.2 Å². The van der Waals surface area contributed by atoms with Crippen LogP contribution in [0, 0.1) is 0 Å². The van der Waals surface area contributed by atoms with Crippen LogP contribution in [0.3, 0.4) is 0 Å². The zero-order valence-corrected chi connectivity index (χ0v) is 11.8. The summed E-state index contributed by atoms with van der Waals surface area (Å²) in [6.45, 7) is 4.30. The van der Waals surface area contributed by atoms with Crippen LogP contribution < -0.4 is 15.4 Å². The minimum absolute atomic E-state index is 0.0746. The minimum Gasteiger partial charge on any atom is -0.354 e. The first-order chi connectivity index (χ1) is 8.44. The van der Waals surface area contributed by atoms with Crippen molar-refractivity contribution in [1.29, 1.82) is 0 Å². The highest BCUT2D eigenvalue weighted by atomic mass is 32.2. The first-order valence-corrected chi connectivity index (χ1v) is 8.11. The highest BCUT2D eigenvalue weighted by Crippen LogP contribution is 2.12. The van der Waals surface area contributed by atoms with Gasteiger partial charge in [-0.25, -0.2) is 13.1 Å². The Bertz CT molecular complexity index is 370. The molecule has 1 aliphatic heterocycles. The van der Waals surface area contributed by atoms with E-state index in [1.54, 1.807) is 6.92 Å². The molecule has 0 spiro atoms. The fourth-order valence-electron chi connectivity index (χ4n) is 2.07. The Morgan fingerprint density at radius 2 is 2.11 bits per heavy atom. The van der Waals surface area contributed by atoms with Crippen molar-refractivity contribution in [2.24, 2.45) is 0 Å². The molecule has 0 bridgehead atoms. The van der Waals surface area contributed by atoms with Crippen LogP contribution in [0.2, 0.25) is 0 Å². The van der Waals surface area contributed by atoms with E-state index in [0.717, 1.165) is 19.3 Å². The molecule has 0 saturated carbocycles. The summed E-state index contributed by atoms with van der Waals surface area (Å²) < 4.78 is 25.1. The molecule has 1 rings (SSSR count). The third-order valence-electron chi connectivity index (χ3n) is 2.97. The Kier molecular flexibility index (Phi) is 6.04. The second-order valence-corrected chi connectivity index (χ2v) is 6.59. The molecule has 0 aromatic rings. The number of hydrogen-bond acceptors (Lipinski definition) is 4. The van der Waals surface area contributed by atoms with Crippen LogP contribution >= 0.6 is 0 Å².